The van der Waals surface area contributed by atoms with Crippen LogP contribution < -0.4 is 5.32 Å². The molecule has 106 valence electrons. The van der Waals surface area contributed by atoms with Crippen LogP contribution in [0.2, 0.25) is 0 Å². The number of hydrogen-bond acceptors (Lipinski definition) is 2. The highest BCUT2D eigenvalue weighted by atomic mass is 79.9. The maximum absolute atomic E-state index is 11.6. The zero-order valence-corrected chi connectivity index (χ0v) is 13.2. The van der Waals surface area contributed by atoms with Crippen molar-refractivity contribution in [2.75, 3.05) is 13.2 Å². The minimum atomic E-state index is 0.101. The smallest absolute Gasteiger partial charge is 0.220 e. The molecule has 0 radical (unpaired) electrons. The maximum atomic E-state index is 11.6. The van der Waals surface area contributed by atoms with Crippen LogP contribution in [0.15, 0.2) is 28.7 Å². The lowest BCUT2D eigenvalue weighted by atomic mass is 10.1. The Kier molecular flexibility index (Phi) is 7.75. The predicted octanol–water partition coefficient (Wildman–Crippen LogP) is 3.31. The molecule has 0 bridgehead atoms. The van der Waals surface area contributed by atoms with Crippen molar-refractivity contribution >= 4 is 21.8 Å². The third-order valence-corrected chi connectivity index (χ3v) is 3.12. The second-order valence-corrected chi connectivity index (χ2v) is 5.67. The zero-order chi connectivity index (χ0) is 14.1. The number of amides is 1. The molecule has 0 aliphatic rings. The van der Waals surface area contributed by atoms with Gasteiger partial charge in [-0.1, -0.05) is 28.1 Å². The lowest BCUT2D eigenvalue weighted by molar-refractivity contribution is -0.121. The van der Waals surface area contributed by atoms with Crippen LogP contribution in [0.3, 0.4) is 0 Å². The van der Waals surface area contributed by atoms with E-state index in [4.69, 9.17) is 4.74 Å². The average Bonchev–Trinajstić information content (AvgIpc) is 2.35. The third kappa shape index (κ3) is 8.01. The average molecular weight is 328 g/mol. The van der Waals surface area contributed by atoms with Crippen molar-refractivity contribution in [3.05, 3.63) is 34.3 Å². The molecule has 0 fully saturated rings. The number of carbonyl (C=O) groups excluding carboxylic acids is 1. The molecule has 0 saturated heterocycles. The van der Waals surface area contributed by atoms with Crippen LogP contribution in [0.5, 0.6) is 0 Å². The number of nitrogens with one attached hydrogen (secondary N) is 1. The predicted molar refractivity (Wildman–Crippen MR) is 81.2 cm³/mol. The van der Waals surface area contributed by atoms with Gasteiger partial charge in [0.25, 0.3) is 0 Å². The Morgan fingerprint density at radius 2 is 2.21 bits per heavy atom. The summed E-state index contributed by atoms with van der Waals surface area (Å²) >= 11 is 3.43. The van der Waals surface area contributed by atoms with Gasteiger partial charge >= 0.3 is 0 Å². The number of aryl methyl sites for hydroxylation is 1. The van der Waals surface area contributed by atoms with Crippen molar-refractivity contribution in [3.63, 3.8) is 0 Å². The molecule has 0 aliphatic heterocycles. The number of carbonyl (C=O) groups is 1. The fourth-order valence-electron chi connectivity index (χ4n) is 1.66. The summed E-state index contributed by atoms with van der Waals surface area (Å²) in [5.41, 5.74) is 1.17. The molecular weight excluding hydrogens is 306 g/mol. The van der Waals surface area contributed by atoms with Crippen LogP contribution >= 0.6 is 15.9 Å². The molecule has 1 aromatic carbocycles. The highest BCUT2D eigenvalue weighted by molar-refractivity contribution is 9.10. The van der Waals surface area contributed by atoms with Crippen molar-refractivity contribution in [3.8, 4) is 0 Å². The number of benzene rings is 1. The normalized spacial score (nSPS) is 10.7. The van der Waals surface area contributed by atoms with Crippen molar-refractivity contribution in [1.82, 2.24) is 5.32 Å². The Morgan fingerprint density at radius 1 is 1.42 bits per heavy atom. The van der Waals surface area contributed by atoms with Crippen molar-refractivity contribution in [2.24, 2.45) is 0 Å². The molecular formula is C15H22BrNO2. The standard InChI is InChI=1S/C15H22BrNO2/c1-12(2)19-10-4-9-17-15(18)8-7-13-5-3-6-14(16)11-13/h3,5-6,11-12H,4,7-10H2,1-2H3,(H,17,18). The molecule has 0 heterocycles. The molecule has 1 N–H and O–H groups in total. The van der Waals surface area contributed by atoms with Gasteiger partial charge in [-0.25, -0.2) is 0 Å². The Labute approximate surface area is 123 Å². The first-order chi connectivity index (χ1) is 9.08. The summed E-state index contributed by atoms with van der Waals surface area (Å²) in [6.45, 7) is 5.40. The van der Waals surface area contributed by atoms with Gasteiger partial charge < -0.3 is 10.1 Å². The lowest BCUT2D eigenvalue weighted by Crippen LogP contribution is -2.25. The minimum absolute atomic E-state index is 0.101. The molecule has 19 heavy (non-hydrogen) atoms. The molecule has 0 atom stereocenters. The Hall–Kier alpha value is -0.870. The molecule has 1 rings (SSSR count). The maximum Gasteiger partial charge on any atom is 0.220 e. The van der Waals surface area contributed by atoms with E-state index in [0.717, 1.165) is 17.3 Å². The quantitative estimate of drug-likeness (QED) is 0.744. The van der Waals surface area contributed by atoms with Crippen molar-refractivity contribution in [1.29, 1.82) is 0 Å². The van der Waals surface area contributed by atoms with E-state index in [1.807, 2.05) is 38.1 Å². The van der Waals surface area contributed by atoms with Gasteiger partial charge in [0.1, 0.15) is 0 Å². The summed E-state index contributed by atoms with van der Waals surface area (Å²) in [5.74, 6) is 0.101. The van der Waals surface area contributed by atoms with Gasteiger partial charge in [0, 0.05) is 24.0 Å². The summed E-state index contributed by atoms with van der Waals surface area (Å²) in [6, 6.07) is 8.05. The van der Waals surface area contributed by atoms with Gasteiger partial charge in [-0.3, -0.25) is 4.79 Å². The third-order valence-electron chi connectivity index (χ3n) is 2.62. The van der Waals surface area contributed by atoms with E-state index in [1.54, 1.807) is 0 Å². The summed E-state index contributed by atoms with van der Waals surface area (Å²) in [5, 5.41) is 2.91. The molecule has 0 unspecified atom stereocenters. The highest BCUT2D eigenvalue weighted by Crippen LogP contribution is 2.12. The van der Waals surface area contributed by atoms with Crippen molar-refractivity contribution < 1.29 is 9.53 Å². The molecule has 1 aromatic rings. The van der Waals surface area contributed by atoms with E-state index in [9.17, 15) is 4.79 Å². The van der Waals surface area contributed by atoms with Crippen LogP contribution in [0.1, 0.15) is 32.3 Å². The van der Waals surface area contributed by atoms with E-state index < -0.39 is 0 Å². The van der Waals surface area contributed by atoms with Crippen molar-refractivity contribution in [2.45, 2.75) is 39.2 Å². The summed E-state index contributed by atoms with van der Waals surface area (Å²) in [4.78, 5) is 11.6. The first-order valence-corrected chi connectivity index (χ1v) is 7.50. The van der Waals surface area contributed by atoms with Gasteiger partial charge in [-0.15, -0.1) is 0 Å². The van der Waals surface area contributed by atoms with Gasteiger partial charge in [-0.2, -0.15) is 0 Å². The van der Waals surface area contributed by atoms with Crippen LogP contribution in [-0.2, 0) is 16.0 Å². The second kappa shape index (κ2) is 9.10. The molecule has 3 nitrogen and oxygen atoms in total. The fourth-order valence-corrected chi connectivity index (χ4v) is 2.10. The summed E-state index contributed by atoms with van der Waals surface area (Å²) in [7, 11) is 0. The first-order valence-electron chi connectivity index (χ1n) is 6.70. The van der Waals surface area contributed by atoms with E-state index in [2.05, 4.69) is 21.2 Å². The SMILES string of the molecule is CC(C)OCCCNC(=O)CCc1cccc(Br)c1. The van der Waals surface area contributed by atoms with E-state index >= 15 is 0 Å². The number of hydrogen-bond donors (Lipinski definition) is 1. The van der Waals surface area contributed by atoms with Crippen LogP contribution in [0.4, 0.5) is 0 Å². The monoisotopic (exact) mass is 327 g/mol. The van der Waals surface area contributed by atoms with Crippen LogP contribution in [0.25, 0.3) is 0 Å². The van der Waals surface area contributed by atoms with E-state index in [1.165, 1.54) is 5.56 Å². The largest absolute Gasteiger partial charge is 0.379 e. The minimum Gasteiger partial charge on any atom is -0.379 e. The number of halogens is 1. The van der Waals surface area contributed by atoms with Gasteiger partial charge in [0.15, 0.2) is 0 Å². The summed E-state index contributed by atoms with van der Waals surface area (Å²) < 4.78 is 6.46. The fraction of sp³-hybridized carbons (Fsp3) is 0.533. The molecule has 0 aromatic heterocycles. The summed E-state index contributed by atoms with van der Waals surface area (Å²) in [6.07, 6.45) is 2.42. The molecule has 4 heteroatoms. The van der Waals surface area contributed by atoms with Gasteiger partial charge in [0.2, 0.25) is 5.91 Å². The second-order valence-electron chi connectivity index (χ2n) is 4.75. The first kappa shape index (κ1) is 16.2. The van der Waals surface area contributed by atoms with Crippen LogP contribution in [0, 0.1) is 0 Å². The number of rotatable bonds is 8. The van der Waals surface area contributed by atoms with E-state index in [0.29, 0.717) is 19.6 Å². The molecule has 1 amide bonds. The van der Waals surface area contributed by atoms with Gasteiger partial charge in [0.05, 0.1) is 6.10 Å². The number of ether oxygens (including phenoxy) is 1. The molecule has 0 spiro atoms. The van der Waals surface area contributed by atoms with Gasteiger partial charge in [-0.05, 0) is 44.4 Å². The van der Waals surface area contributed by atoms with E-state index in [-0.39, 0.29) is 12.0 Å². The lowest BCUT2D eigenvalue weighted by Gasteiger charge is -2.08. The molecule has 0 aliphatic carbocycles. The topological polar surface area (TPSA) is 38.3 Å². The van der Waals surface area contributed by atoms with Crippen LogP contribution in [-0.4, -0.2) is 25.2 Å². The molecule has 0 saturated carbocycles. The Bertz CT molecular complexity index is 393. The Morgan fingerprint density at radius 3 is 2.89 bits per heavy atom. The zero-order valence-electron chi connectivity index (χ0n) is 11.6. The highest BCUT2D eigenvalue weighted by Gasteiger charge is 2.02. The Balaban J connectivity index is 2.11.